The number of alkyl halides is 3. The summed E-state index contributed by atoms with van der Waals surface area (Å²) in [5.74, 6) is 0. The molecule has 25 heavy (non-hydrogen) atoms. The Labute approximate surface area is 142 Å². The Bertz CT molecular complexity index is 799. The number of nitro benzene ring substituents is 1. The summed E-state index contributed by atoms with van der Waals surface area (Å²) in [6, 6.07) is 2.76. The molecule has 0 bridgehead atoms. The van der Waals surface area contributed by atoms with Crippen molar-refractivity contribution in [2.24, 2.45) is 7.05 Å². The third kappa shape index (κ3) is 4.09. The first-order valence-corrected chi connectivity index (χ1v) is 7.62. The third-order valence-corrected chi connectivity index (χ3v) is 4.08. The van der Waals surface area contributed by atoms with Crippen molar-refractivity contribution < 1.29 is 18.1 Å². The van der Waals surface area contributed by atoms with Crippen molar-refractivity contribution in [1.29, 1.82) is 0 Å². The maximum Gasteiger partial charge on any atom is 0.423 e. The number of hydrogen-bond donors (Lipinski definition) is 1. The number of aromatic nitrogens is 2. The first-order chi connectivity index (χ1) is 11.5. The van der Waals surface area contributed by atoms with Crippen LogP contribution in [0, 0.1) is 24.0 Å². The molecule has 1 aromatic heterocycles. The highest BCUT2D eigenvalue weighted by molar-refractivity contribution is 5.55. The van der Waals surface area contributed by atoms with E-state index in [1.807, 2.05) is 27.8 Å². The summed E-state index contributed by atoms with van der Waals surface area (Å²) in [5, 5.41) is 18.1. The zero-order chi connectivity index (χ0) is 18.9. The SMILES string of the molecule is Cc1nn(C)c(C)c1CC(C)Nc1ccc([N+](=O)[O-])c(C(F)(F)F)c1. The molecule has 1 unspecified atom stereocenters. The standard InChI is InChI=1S/C16H19F3N4O2/c1-9(7-13-10(2)21-22(4)11(13)3)20-12-5-6-15(23(24)25)14(8-12)16(17,18)19/h5-6,8-9,20H,7H2,1-4H3. The fourth-order valence-electron chi connectivity index (χ4n) is 2.77. The largest absolute Gasteiger partial charge is 0.423 e. The van der Waals surface area contributed by atoms with E-state index in [4.69, 9.17) is 0 Å². The van der Waals surface area contributed by atoms with Gasteiger partial charge in [-0.15, -0.1) is 0 Å². The molecule has 0 radical (unpaired) electrons. The lowest BCUT2D eigenvalue weighted by molar-refractivity contribution is -0.388. The molecule has 1 N–H and O–H groups in total. The van der Waals surface area contributed by atoms with Gasteiger partial charge in [0.15, 0.2) is 0 Å². The van der Waals surface area contributed by atoms with Crippen LogP contribution in [0.1, 0.15) is 29.4 Å². The minimum atomic E-state index is -4.79. The van der Waals surface area contributed by atoms with Gasteiger partial charge in [0, 0.05) is 30.5 Å². The summed E-state index contributed by atoms with van der Waals surface area (Å²) >= 11 is 0. The van der Waals surface area contributed by atoms with Crippen LogP contribution in [-0.4, -0.2) is 20.7 Å². The lowest BCUT2D eigenvalue weighted by atomic mass is 10.0. The molecular weight excluding hydrogens is 337 g/mol. The average molecular weight is 356 g/mol. The normalized spacial score (nSPS) is 12.9. The van der Waals surface area contributed by atoms with E-state index in [0.29, 0.717) is 6.42 Å². The minimum Gasteiger partial charge on any atom is -0.382 e. The van der Waals surface area contributed by atoms with E-state index in [2.05, 4.69) is 10.4 Å². The second-order valence-corrected chi connectivity index (χ2v) is 6.01. The van der Waals surface area contributed by atoms with Gasteiger partial charge >= 0.3 is 6.18 Å². The first kappa shape index (κ1) is 18.8. The Kier molecular flexibility index (Phi) is 5.05. The molecule has 0 aliphatic rings. The van der Waals surface area contributed by atoms with Crippen molar-refractivity contribution in [3.05, 3.63) is 50.8 Å². The summed E-state index contributed by atoms with van der Waals surface area (Å²) < 4.78 is 40.9. The molecule has 1 atom stereocenters. The maximum absolute atomic E-state index is 13.0. The monoisotopic (exact) mass is 356 g/mol. The van der Waals surface area contributed by atoms with Gasteiger partial charge in [-0.25, -0.2) is 0 Å². The van der Waals surface area contributed by atoms with Crippen LogP contribution in [-0.2, 0) is 19.6 Å². The fourth-order valence-corrected chi connectivity index (χ4v) is 2.77. The van der Waals surface area contributed by atoms with Crippen LogP contribution < -0.4 is 5.32 Å². The number of rotatable bonds is 5. The van der Waals surface area contributed by atoms with E-state index in [9.17, 15) is 23.3 Å². The summed E-state index contributed by atoms with van der Waals surface area (Å²) in [5.41, 5.74) is 0.859. The molecule has 0 spiro atoms. The number of hydrogen-bond acceptors (Lipinski definition) is 4. The molecule has 0 amide bonds. The zero-order valence-electron chi connectivity index (χ0n) is 14.3. The van der Waals surface area contributed by atoms with Crippen LogP contribution >= 0.6 is 0 Å². The van der Waals surface area contributed by atoms with Gasteiger partial charge in [-0.3, -0.25) is 14.8 Å². The number of nitrogens with one attached hydrogen (secondary N) is 1. The summed E-state index contributed by atoms with van der Waals surface area (Å²) in [4.78, 5) is 9.77. The molecule has 6 nitrogen and oxygen atoms in total. The predicted octanol–water partition coefficient (Wildman–Crippen LogP) is 4.01. The smallest absolute Gasteiger partial charge is 0.382 e. The summed E-state index contributed by atoms with van der Waals surface area (Å²) in [6.07, 6.45) is -4.22. The molecule has 2 rings (SSSR count). The van der Waals surface area contributed by atoms with E-state index in [1.165, 1.54) is 6.07 Å². The second-order valence-electron chi connectivity index (χ2n) is 6.01. The van der Waals surface area contributed by atoms with E-state index >= 15 is 0 Å². The van der Waals surface area contributed by atoms with E-state index in [1.54, 1.807) is 4.68 Å². The maximum atomic E-state index is 13.0. The Balaban J connectivity index is 2.23. The van der Waals surface area contributed by atoms with Crippen LogP contribution in [0.25, 0.3) is 0 Å². The van der Waals surface area contributed by atoms with E-state index in [0.717, 1.165) is 29.1 Å². The van der Waals surface area contributed by atoms with Crippen molar-refractivity contribution in [1.82, 2.24) is 9.78 Å². The van der Waals surface area contributed by atoms with Crippen molar-refractivity contribution in [2.45, 2.75) is 39.4 Å². The highest BCUT2D eigenvalue weighted by atomic mass is 19.4. The molecule has 0 aliphatic carbocycles. The first-order valence-electron chi connectivity index (χ1n) is 7.62. The number of nitrogens with zero attached hydrogens (tertiary/aromatic N) is 3. The summed E-state index contributed by atoms with van der Waals surface area (Å²) in [7, 11) is 1.83. The Morgan fingerprint density at radius 2 is 2.00 bits per heavy atom. The Hall–Kier alpha value is -2.58. The van der Waals surface area contributed by atoms with Gasteiger partial charge in [0.05, 0.1) is 10.6 Å². The van der Waals surface area contributed by atoms with Crippen molar-refractivity contribution >= 4 is 11.4 Å². The molecule has 0 aliphatic heterocycles. The number of nitro groups is 1. The number of anilines is 1. The molecule has 136 valence electrons. The minimum absolute atomic E-state index is 0.177. The molecule has 0 fully saturated rings. The van der Waals surface area contributed by atoms with Gasteiger partial charge in [-0.1, -0.05) is 0 Å². The van der Waals surface area contributed by atoms with Gasteiger partial charge in [0.1, 0.15) is 5.56 Å². The fraction of sp³-hybridized carbons (Fsp3) is 0.438. The highest BCUT2D eigenvalue weighted by Crippen LogP contribution is 2.37. The van der Waals surface area contributed by atoms with Gasteiger partial charge in [0.2, 0.25) is 0 Å². The van der Waals surface area contributed by atoms with Crippen molar-refractivity contribution in [3.63, 3.8) is 0 Å². The predicted molar refractivity (Wildman–Crippen MR) is 87.6 cm³/mol. The molecule has 2 aromatic rings. The summed E-state index contributed by atoms with van der Waals surface area (Å²) in [6.45, 7) is 5.64. The lowest BCUT2D eigenvalue weighted by Crippen LogP contribution is -2.19. The van der Waals surface area contributed by atoms with Gasteiger partial charge in [0.25, 0.3) is 5.69 Å². The van der Waals surface area contributed by atoms with Crippen LogP contribution in [0.15, 0.2) is 18.2 Å². The third-order valence-electron chi connectivity index (χ3n) is 4.08. The lowest BCUT2D eigenvalue weighted by Gasteiger charge is -2.17. The Morgan fingerprint density at radius 3 is 2.48 bits per heavy atom. The number of aryl methyl sites for hydroxylation is 2. The van der Waals surface area contributed by atoms with Crippen molar-refractivity contribution in [2.75, 3.05) is 5.32 Å². The quantitative estimate of drug-likeness (QED) is 0.649. The molecule has 1 aromatic carbocycles. The van der Waals surface area contributed by atoms with Crippen LogP contribution in [0.3, 0.4) is 0 Å². The van der Waals surface area contributed by atoms with Crippen LogP contribution in [0.4, 0.5) is 24.5 Å². The highest BCUT2D eigenvalue weighted by Gasteiger charge is 2.38. The molecule has 9 heteroatoms. The molecule has 0 saturated heterocycles. The molecular formula is C16H19F3N4O2. The second kappa shape index (κ2) is 6.73. The number of halogens is 3. The van der Waals surface area contributed by atoms with Gasteiger partial charge < -0.3 is 5.32 Å². The Morgan fingerprint density at radius 1 is 1.36 bits per heavy atom. The molecule has 0 saturated carbocycles. The van der Waals surface area contributed by atoms with Crippen molar-refractivity contribution in [3.8, 4) is 0 Å². The average Bonchev–Trinajstić information content (AvgIpc) is 2.72. The van der Waals surface area contributed by atoms with Crippen LogP contribution in [0.2, 0.25) is 0 Å². The van der Waals surface area contributed by atoms with Crippen LogP contribution in [0.5, 0.6) is 0 Å². The van der Waals surface area contributed by atoms with Gasteiger partial charge in [-0.05, 0) is 44.9 Å². The molecule has 1 heterocycles. The van der Waals surface area contributed by atoms with E-state index in [-0.39, 0.29) is 11.7 Å². The zero-order valence-corrected chi connectivity index (χ0v) is 14.3. The van der Waals surface area contributed by atoms with Gasteiger partial charge in [-0.2, -0.15) is 18.3 Å². The van der Waals surface area contributed by atoms with E-state index < -0.39 is 22.4 Å². The topological polar surface area (TPSA) is 73.0 Å². The number of benzene rings is 1.